The molecule has 0 amide bonds. The van der Waals surface area contributed by atoms with Gasteiger partial charge in [-0.25, -0.2) is 4.79 Å². The predicted octanol–water partition coefficient (Wildman–Crippen LogP) is 5.51. The molecule has 0 spiro atoms. The lowest BCUT2D eigenvalue weighted by molar-refractivity contribution is 0.0723. The molecule has 0 aliphatic rings. The van der Waals surface area contributed by atoms with E-state index in [-0.39, 0.29) is 6.10 Å². The minimum atomic E-state index is -0.669. The van der Waals surface area contributed by atoms with E-state index in [9.17, 15) is 4.79 Å². The average Bonchev–Trinajstić information content (AvgIpc) is 2.50. The Morgan fingerprint density at radius 1 is 1.14 bits per heavy atom. The Kier molecular flexibility index (Phi) is 9.01. The minimum absolute atomic E-state index is 0.271. The SMILES string of the molecule is C=CC(CCCCCCCC)OC(=O)Oc1ccccc1. The minimum Gasteiger partial charge on any atom is -0.426 e. The Morgan fingerprint density at radius 2 is 1.81 bits per heavy atom. The van der Waals surface area contributed by atoms with Crippen LogP contribution in [-0.2, 0) is 4.74 Å². The van der Waals surface area contributed by atoms with E-state index < -0.39 is 6.16 Å². The number of rotatable bonds is 10. The summed E-state index contributed by atoms with van der Waals surface area (Å²) in [6.45, 7) is 5.92. The third kappa shape index (κ3) is 8.18. The van der Waals surface area contributed by atoms with E-state index in [1.165, 1.54) is 32.1 Å². The highest BCUT2D eigenvalue weighted by atomic mass is 16.7. The number of hydrogen-bond acceptors (Lipinski definition) is 3. The van der Waals surface area contributed by atoms with Crippen molar-refractivity contribution < 1.29 is 14.3 Å². The Bertz CT molecular complexity index is 400. The second kappa shape index (κ2) is 11.0. The van der Waals surface area contributed by atoms with Gasteiger partial charge in [-0.2, -0.15) is 0 Å². The van der Waals surface area contributed by atoms with Crippen molar-refractivity contribution in [1.82, 2.24) is 0 Å². The summed E-state index contributed by atoms with van der Waals surface area (Å²) in [6.07, 6.45) is 8.81. The molecule has 116 valence electrons. The van der Waals surface area contributed by atoms with Crippen LogP contribution in [0.15, 0.2) is 43.0 Å². The molecule has 0 aliphatic carbocycles. The maximum Gasteiger partial charge on any atom is 0.514 e. The summed E-state index contributed by atoms with van der Waals surface area (Å²) < 4.78 is 10.3. The molecule has 0 radical (unpaired) electrons. The third-order valence-corrected chi connectivity index (χ3v) is 3.30. The molecule has 1 atom stereocenters. The number of benzene rings is 1. The van der Waals surface area contributed by atoms with Gasteiger partial charge in [0.2, 0.25) is 0 Å². The molecular formula is C18H26O3. The molecule has 0 bridgehead atoms. The van der Waals surface area contributed by atoms with Crippen LogP contribution in [0.3, 0.4) is 0 Å². The van der Waals surface area contributed by atoms with Gasteiger partial charge in [0, 0.05) is 0 Å². The zero-order chi connectivity index (χ0) is 15.3. The van der Waals surface area contributed by atoms with Crippen LogP contribution in [0.25, 0.3) is 0 Å². The average molecular weight is 290 g/mol. The van der Waals surface area contributed by atoms with E-state index >= 15 is 0 Å². The van der Waals surface area contributed by atoms with Gasteiger partial charge in [0.15, 0.2) is 0 Å². The molecule has 3 heteroatoms. The molecule has 0 fully saturated rings. The van der Waals surface area contributed by atoms with E-state index in [0.717, 1.165) is 12.8 Å². The van der Waals surface area contributed by atoms with Crippen LogP contribution in [0.4, 0.5) is 4.79 Å². The first-order chi connectivity index (χ1) is 10.3. The van der Waals surface area contributed by atoms with Crippen LogP contribution in [0.5, 0.6) is 5.75 Å². The highest BCUT2D eigenvalue weighted by Gasteiger charge is 2.12. The summed E-state index contributed by atoms with van der Waals surface area (Å²) in [6, 6.07) is 8.92. The standard InChI is InChI=1S/C18H26O3/c1-3-5-6-7-8-10-13-16(4-2)20-18(19)21-17-14-11-9-12-15-17/h4,9,11-12,14-16H,2-3,5-8,10,13H2,1H3. The predicted molar refractivity (Wildman–Crippen MR) is 85.5 cm³/mol. The monoisotopic (exact) mass is 290 g/mol. The number of hydrogen-bond donors (Lipinski definition) is 0. The van der Waals surface area contributed by atoms with Crippen LogP contribution in [-0.4, -0.2) is 12.3 Å². The fourth-order valence-electron chi connectivity index (χ4n) is 2.08. The third-order valence-electron chi connectivity index (χ3n) is 3.30. The summed E-state index contributed by atoms with van der Waals surface area (Å²) in [4.78, 5) is 11.7. The fourth-order valence-corrected chi connectivity index (χ4v) is 2.08. The van der Waals surface area contributed by atoms with E-state index in [1.807, 2.05) is 18.2 Å². The topological polar surface area (TPSA) is 35.5 Å². The van der Waals surface area contributed by atoms with Gasteiger partial charge in [-0.05, 0) is 25.0 Å². The van der Waals surface area contributed by atoms with Crippen molar-refractivity contribution in [2.45, 2.75) is 58.0 Å². The Balaban J connectivity index is 2.20. The largest absolute Gasteiger partial charge is 0.514 e. The number of ether oxygens (including phenoxy) is 2. The van der Waals surface area contributed by atoms with Crippen molar-refractivity contribution in [3.63, 3.8) is 0 Å². The molecule has 21 heavy (non-hydrogen) atoms. The molecule has 0 aliphatic heterocycles. The normalized spacial score (nSPS) is 11.7. The van der Waals surface area contributed by atoms with E-state index in [2.05, 4.69) is 13.5 Å². The second-order valence-electron chi connectivity index (χ2n) is 5.11. The molecule has 1 aromatic carbocycles. The lowest BCUT2D eigenvalue weighted by Crippen LogP contribution is -2.19. The highest BCUT2D eigenvalue weighted by molar-refractivity contribution is 5.64. The first-order valence-electron chi connectivity index (χ1n) is 7.82. The van der Waals surface area contributed by atoms with Crippen molar-refractivity contribution in [3.8, 4) is 5.75 Å². The number of unbranched alkanes of at least 4 members (excludes halogenated alkanes) is 5. The molecule has 1 aromatic rings. The molecule has 0 N–H and O–H groups in total. The summed E-state index contributed by atoms with van der Waals surface area (Å²) in [7, 11) is 0. The zero-order valence-electron chi connectivity index (χ0n) is 12.9. The molecule has 0 heterocycles. The zero-order valence-corrected chi connectivity index (χ0v) is 12.9. The van der Waals surface area contributed by atoms with Crippen molar-refractivity contribution in [2.24, 2.45) is 0 Å². The summed E-state index contributed by atoms with van der Waals surface area (Å²) >= 11 is 0. The molecule has 0 aromatic heterocycles. The van der Waals surface area contributed by atoms with Crippen molar-refractivity contribution in [1.29, 1.82) is 0 Å². The highest BCUT2D eigenvalue weighted by Crippen LogP contribution is 2.13. The summed E-state index contributed by atoms with van der Waals surface area (Å²) in [5.74, 6) is 0.491. The van der Waals surface area contributed by atoms with E-state index in [1.54, 1.807) is 18.2 Å². The van der Waals surface area contributed by atoms with Crippen LogP contribution in [0.2, 0.25) is 0 Å². The first-order valence-corrected chi connectivity index (χ1v) is 7.82. The Hall–Kier alpha value is -1.77. The lowest BCUT2D eigenvalue weighted by Gasteiger charge is -2.13. The van der Waals surface area contributed by atoms with Gasteiger partial charge in [-0.3, -0.25) is 0 Å². The number of carbonyl (C=O) groups excluding carboxylic acids is 1. The van der Waals surface area contributed by atoms with Crippen molar-refractivity contribution in [2.75, 3.05) is 0 Å². The van der Waals surface area contributed by atoms with Crippen LogP contribution in [0, 0.1) is 0 Å². The van der Waals surface area contributed by atoms with Crippen molar-refractivity contribution in [3.05, 3.63) is 43.0 Å². The van der Waals surface area contributed by atoms with E-state index in [4.69, 9.17) is 9.47 Å². The fraction of sp³-hybridized carbons (Fsp3) is 0.500. The Labute approximate surface area is 128 Å². The maximum absolute atomic E-state index is 11.7. The number of carbonyl (C=O) groups is 1. The van der Waals surface area contributed by atoms with Gasteiger partial charge in [0.25, 0.3) is 0 Å². The van der Waals surface area contributed by atoms with Crippen molar-refractivity contribution >= 4 is 6.16 Å². The smallest absolute Gasteiger partial charge is 0.426 e. The van der Waals surface area contributed by atoms with Gasteiger partial charge < -0.3 is 9.47 Å². The van der Waals surface area contributed by atoms with Gasteiger partial charge >= 0.3 is 6.16 Å². The quantitative estimate of drug-likeness (QED) is 0.247. The van der Waals surface area contributed by atoms with Gasteiger partial charge in [0.1, 0.15) is 11.9 Å². The first kappa shape index (κ1) is 17.3. The molecule has 1 rings (SSSR count). The lowest BCUT2D eigenvalue weighted by atomic mass is 10.1. The summed E-state index contributed by atoms with van der Waals surface area (Å²) in [5.41, 5.74) is 0. The van der Waals surface area contributed by atoms with Crippen LogP contribution < -0.4 is 4.74 Å². The molecule has 3 nitrogen and oxygen atoms in total. The molecular weight excluding hydrogens is 264 g/mol. The van der Waals surface area contributed by atoms with Gasteiger partial charge in [-0.15, -0.1) is 0 Å². The Morgan fingerprint density at radius 3 is 2.48 bits per heavy atom. The van der Waals surface area contributed by atoms with Crippen LogP contribution in [0.1, 0.15) is 51.9 Å². The molecule has 1 unspecified atom stereocenters. The van der Waals surface area contributed by atoms with Gasteiger partial charge in [0.05, 0.1) is 0 Å². The summed E-state index contributed by atoms with van der Waals surface area (Å²) in [5, 5.41) is 0. The van der Waals surface area contributed by atoms with E-state index in [0.29, 0.717) is 5.75 Å². The maximum atomic E-state index is 11.7. The second-order valence-corrected chi connectivity index (χ2v) is 5.11. The number of para-hydroxylation sites is 1. The molecule has 0 saturated heterocycles. The van der Waals surface area contributed by atoms with Gasteiger partial charge in [-0.1, -0.05) is 69.9 Å². The molecule has 0 saturated carbocycles. The van der Waals surface area contributed by atoms with Crippen LogP contribution >= 0.6 is 0 Å².